The summed E-state index contributed by atoms with van der Waals surface area (Å²) < 4.78 is 1.71. The highest BCUT2D eigenvalue weighted by Crippen LogP contribution is 2.23. The Labute approximate surface area is 193 Å². The number of piperidine rings is 1. The van der Waals surface area contributed by atoms with Crippen molar-refractivity contribution >= 4 is 22.9 Å². The van der Waals surface area contributed by atoms with Crippen LogP contribution in [0.25, 0.3) is 11.2 Å². The van der Waals surface area contributed by atoms with Crippen LogP contribution in [0.2, 0.25) is 0 Å². The Balaban J connectivity index is 1.42. The number of carbonyl (C=O) groups is 1. The Morgan fingerprint density at radius 3 is 2.64 bits per heavy atom. The lowest BCUT2D eigenvalue weighted by atomic mass is 9.93. The molecule has 33 heavy (non-hydrogen) atoms. The van der Waals surface area contributed by atoms with Gasteiger partial charge in [0, 0.05) is 25.3 Å². The van der Waals surface area contributed by atoms with E-state index in [4.69, 9.17) is 4.98 Å². The molecule has 1 N–H and O–H groups in total. The highest BCUT2D eigenvalue weighted by Gasteiger charge is 2.30. The average molecular weight is 446 g/mol. The SMILES string of the molecule is O=C(NC1CCCCC1)[C@H]1CCCN(c2nc3cccnc3n(Cc3ccccc3)c2=O)C1. The highest BCUT2D eigenvalue weighted by molar-refractivity contribution is 5.80. The van der Waals surface area contributed by atoms with Crippen molar-refractivity contribution in [3.63, 3.8) is 0 Å². The Bertz CT molecular complexity index is 1170. The Hall–Kier alpha value is -3.22. The maximum absolute atomic E-state index is 13.6. The topological polar surface area (TPSA) is 80.1 Å². The molecule has 2 fully saturated rings. The molecule has 0 bridgehead atoms. The molecule has 1 aliphatic heterocycles. The van der Waals surface area contributed by atoms with Gasteiger partial charge >= 0.3 is 0 Å². The minimum atomic E-state index is -0.154. The maximum atomic E-state index is 13.6. The summed E-state index contributed by atoms with van der Waals surface area (Å²) >= 11 is 0. The highest BCUT2D eigenvalue weighted by atomic mass is 16.2. The van der Waals surface area contributed by atoms with E-state index in [2.05, 4.69) is 10.3 Å². The molecule has 1 aromatic carbocycles. The zero-order chi connectivity index (χ0) is 22.6. The molecule has 1 atom stereocenters. The molecule has 2 aromatic heterocycles. The molecule has 1 amide bonds. The second kappa shape index (κ2) is 9.73. The smallest absolute Gasteiger partial charge is 0.295 e. The molecule has 7 nitrogen and oxygen atoms in total. The summed E-state index contributed by atoms with van der Waals surface area (Å²) in [7, 11) is 0. The number of amides is 1. The summed E-state index contributed by atoms with van der Waals surface area (Å²) in [5.74, 6) is 0.425. The van der Waals surface area contributed by atoms with E-state index in [9.17, 15) is 9.59 Å². The lowest BCUT2D eigenvalue weighted by molar-refractivity contribution is -0.126. The van der Waals surface area contributed by atoms with Gasteiger partial charge in [0.05, 0.1) is 12.5 Å². The minimum absolute atomic E-state index is 0.117. The van der Waals surface area contributed by atoms with E-state index in [0.29, 0.717) is 36.1 Å². The quantitative estimate of drug-likeness (QED) is 0.650. The Kier molecular flexibility index (Phi) is 6.37. The van der Waals surface area contributed by atoms with Gasteiger partial charge in [-0.1, -0.05) is 49.6 Å². The lowest BCUT2D eigenvalue weighted by Crippen LogP contribution is -2.48. The molecule has 1 saturated heterocycles. The molecule has 0 radical (unpaired) electrons. The number of carbonyl (C=O) groups excluding carboxylic acids is 1. The van der Waals surface area contributed by atoms with E-state index < -0.39 is 0 Å². The fourth-order valence-electron chi connectivity index (χ4n) is 5.13. The van der Waals surface area contributed by atoms with Crippen LogP contribution in [0.4, 0.5) is 5.82 Å². The minimum Gasteiger partial charge on any atom is -0.353 e. The molecule has 0 unspecified atom stereocenters. The van der Waals surface area contributed by atoms with E-state index in [1.807, 2.05) is 47.4 Å². The van der Waals surface area contributed by atoms with Crippen LogP contribution < -0.4 is 15.8 Å². The largest absolute Gasteiger partial charge is 0.353 e. The van der Waals surface area contributed by atoms with Gasteiger partial charge in [-0.3, -0.25) is 14.2 Å². The monoisotopic (exact) mass is 445 g/mol. The van der Waals surface area contributed by atoms with Crippen molar-refractivity contribution in [3.05, 3.63) is 64.6 Å². The summed E-state index contributed by atoms with van der Waals surface area (Å²) in [5, 5.41) is 3.27. The predicted molar refractivity (Wildman–Crippen MR) is 129 cm³/mol. The molecule has 1 aliphatic carbocycles. The van der Waals surface area contributed by atoms with Crippen molar-refractivity contribution in [2.24, 2.45) is 5.92 Å². The van der Waals surface area contributed by atoms with Gasteiger partial charge in [0.15, 0.2) is 11.5 Å². The van der Waals surface area contributed by atoms with Crippen molar-refractivity contribution in [2.45, 2.75) is 57.5 Å². The Morgan fingerprint density at radius 1 is 1.00 bits per heavy atom. The van der Waals surface area contributed by atoms with Crippen LogP contribution in [0.15, 0.2) is 53.5 Å². The molecule has 5 rings (SSSR count). The molecule has 0 spiro atoms. The summed E-state index contributed by atoms with van der Waals surface area (Å²) in [6, 6.07) is 14.0. The van der Waals surface area contributed by atoms with E-state index in [-0.39, 0.29) is 17.4 Å². The van der Waals surface area contributed by atoms with Crippen LogP contribution in [-0.2, 0) is 11.3 Å². The third-order valence-electron chi connectivity index (χ3n) is 6.91. The predicted octanol–water partition coefficient (Wildman–Crippen LogP) is 3.51. The average Bonchev–Trinajstić information content (AvgIpc) is 2.87. The van der Waals surface area contributed by atoms with Crippen molar-refractivity contribution in [2.75, 3.05) is 18.0 Å². The van der Waals surface area contributed by atoms with Gasteiger partial charge in [-0.15, -0.1) is 0 Å². The van der Waals surface area contributed by atoms with E-state index in [1.165, 1.54) is 19.3 Å². The first kappa shape index (κ1) is 21.6. The molecule has 172 valence electrons. The Morgan fingerprint density at radius 2 is 1.82 bits per heavy atom. The summed E-state index contributed by atoms with van der Waals surface area (Å²) in [5.41, 5.74) is 2.15. The van der Waals surface area contributed by atoms with Gasteiger partial charge in [0.25, 0.3) is 5.56 Å². The lowest BCUT2D eigenvalue weighted by Gasteiger charge is -2.34. The summed E-state index contributed by atoms with van der Waals surface area (Å²) in [6.45, 7) is 1.69. The first-order valence-corrected chi connectivity index (χ1v) is 12.1. The zero-order valence-corrected chi connectivity index (χ0v) is 18.9. The molecular formula is C26H31N5O2. The van der Waals surface area contributed by atoms with E-state index in [1.54, 1.807) is 10.8 Å². The first-order valence-electron chi connectivity index (χ1n) is 12.1. The molecule has 2 aliphatic rings. The standard InChI is InChI=1S/C26H31N5O2/c32-25(28-21-12-5-2-6-13-21)20-11-8-16-30(18-20)24-26(33)31(17-19-9-3-1-4-10-19)23-22(29-24)14-7-15-27-23/h1,3-4,7,9-10,14-15,20-21H,2,5-6,8,11-13,16-18H2,(H,28,32)/t20-/m0/s1. The number of nitrogens with one attached hydrogen (secondary N) is 1. The number of rotatable bonds is 5. The van der Waals surface area contributed by atoms with E-state index >= 15 is 0 Å². The number of pyridine rings is 1. The number of aromatic nitrogens is 3. The number of hydrogen-bond acceptors (Lipinski definition) is 5. The van der Waals surface area contributed by atoms with Crippen molar-refractivity contribution in [1.82, 2.24) is 19.9 Å². The second-order valence-electron chi connectivity index (χ2n) is 9.29. The van der Waals surface area contributed by atoms with Crippen LogP contribution in [0, 0.1) is 5.92 Å². The molecule has 7 heteroatoms. The zero-order valence-electron chi connectivity index (χ0n) is 18.9. The molecule has 3 aromatic rings. The van der Waals surface area contributed by atoms with Crippen molar-refractivity contribution in [1.29, 1.82) is 0 Å². The normalized spacial score (nSPS) is 19.5. The number of anilines is 1. The molecular weight excluding hydrogens is 414 g/mol. The fourth-order valence-corrected chi connectivity index (χ4v) is 5.13. The van der Waals surface area contributed by atoms with Gasteiger partial charge in [-0.25, -0.2) is 9.97 Å². The fraction of sp³-hybridized carbons (Fsp3) is 0.462. The maximum Gasteiger partial charge on any atom is 0.295 e. The van der Waals surface area contributed by atoms with E-state index in [0.717, 1.165) is 37.8 Å². The third-order valence-corrected chi connectivity index (χ3v) is 6.91. The number of fused-ring (bicyclic) bond motifs is 1. The number of nitrogens with zero attached hydrogens (tertiary/aromatic N) is 4. The molecule has 1 saturated carbocycles. The van der Waals surface area contributed by atoms with Crippen LogP contribution >= 0.6 is 0 Å². The first-order chi connectivity index (χ1) is 16.2. The van der Waals surface area contributed by atoms with Gasteiger partial charge in [0.2, 0.25) is 5.91 Å². The summed E-state index contributed by atoms with van der Waals surface area (Å²) in [4.78, 5) is 37.8. The van der Waals surface area contributed by atoms with Crippen molar-refractivity contribution < 1.29 is 4.79 Å². The van der Waals surface area contributed by atoms with Gasteiger partial charge in [-0.2, -0.15) is 0 Å². The van der Waals surface area contributed by atoms with Crippen molar-refractivity contribution in [3.8, 4) is 0 Å². The molecule has 3 heterocycles. The van der Waals surface area contributed by atoms with Crippen LogP contribution in [-0.4, -0.2) is 39.6 Å². The second-order valence-corrected chi connectivity index (χ2v) is 9.29. The van der Waals surface area contributed by atoms with Gasteiger partial charge in [0.1, 0.15) is 5.52 Å². The number of hydrogen-bond donors (Lipinski definition) is 1. The van der Waals surface area contributed by atoms with Crippen LogP contribution in [0.3, 0.4) is 0 Å². The summed E-state index contributed by atoms with van der Waals surface area (Å²) in [6.07, 6.45) is 9.21. The van der Waals surface area contributed by atoms with Gasteiger partial charge < -0.3 is 10.2 Å². The van der Waals surface area contributed by atoms with Crippen LogP contribution in [0.5, 0.6) is 0 Å². The van der Waals surface area contributed by atoms with Gasteiger partial charge in [-0.05, 0) is 43.4 Å². The third kappa shape index (κ3) is 4.77. The number of benzene rings is 1. The van der Waals surface area contributed by atoms with Crippen LogP contribution in [0.1, 0.15) is 50.5 Å².